The zero-order valence-corrected chi connectivity index (χ0v) is 19.6. The molecular formula is C23H26FN5O4S. The number of thioether (sulfide) groups is 1. The molecule has 0 spiro atoms. The van der Waals surface area contributed by atoms with Crippen molar-refractivity contribution in [3.63, 3.8) is 0 Å². The van der Waals surface area contributed by atoms with Crippen molar-refractivity contribution < 1.29 is 13.7 Å². The van der Waals surface area contributed by atoms with Crippen molar-refractivity contribution in [1.29, 1.82) is 0 Å². The molecule has 2 aliphatic rings. The van der Waals surface area contributed by atoms with Crippen molar-refractivity contribution in [2.75, 3.05) is 11.5 Å². The lowest BCUT2D eigenvalue weighted by Gasteiger charge is -2.31. The van der Waals surface area contributed by atoms with Gasteiger partial charge in [0, 0.05) is 24.2 Å². The number of hydrogen-bond acceptors (Lipinski definition) is 7. The first-order valence-corrected chi connectivity index (χ1v) is 12.7. The van der Waals surface area contributed by atoms with E-state index in [2.05, 4.69) is 15.5 Å². The quantitative estimate of drug-likeness (QED) is 0.602. The molecule has 5 rings (SSSR count). The summed E-state index contributed by atoms with van der Waals surface area (Å²) in [7, 11) is 0. The number of carbonyl (C=O) groups is 1. The molecule has 0 atom stereocenters. The van der Waals surface area contributed by atoms with Gasteiger partial charge in [0.05, 0.1) is 11.6 Å². The molecule has 4 heterocycles. The van der Waals surface area contributed by atoms with E-state index >= 15 is 0 Å². The van der Waals surface area contributed by atoms with E-state index in [4.69, 9.17) is 4.52 Å². The van der Waals surface area contributed by atoms with Gasteiger partial charge >= 0.3 is 5.69 Å². The first-order chi connectivity index (χ1) is 16.4. The Morgan fingerprint density at radius 3 is 2.47 bits per heavy atom. The SMILES string of the molecule is Cc1cc(C(=O)N[C@H]2CC[C@@H](n3c(=O)c4cc(F)cnc4n(C4CCSCC4)c3=O)CC2)no1. The smallest absolute Gasteiger partial charge is 0.333 e. The normalized spacial score (nSPS) is 21.6. The maximum atomic E-state index is 14.0. The zero-order valence-electron chi connectivity index (χ0n) is 18.8. The summed E-state index contributed by atoms with van der Waals surface area (Å²) >= 11 is 1.84. The molecule has 1 amide bonds. The van der Waals surface area contributed by atoms with Crippen LogP contribution in [0.3, 0.4) is 0 Å². The molecule has 2 fully saturated rings. The highest BCUT2D eigenvalue weighted by Crippen LogP contribution is 2.30. The average Bonchev–Trinajstić information content (AvgIpc) is 3.28. The van der Waals surface area contributed by atoms with E-state index in [1.165, 1.54) is 10.6 Å². The highest BCUT2D eigenvalue weighted by Gasteiger charge is 2.30. The summed E-state index contributed by atoms with van der Waals surface area (Å²) in [5.41, 5.74) is -0.389. The zero-order chi connectivity index (χ0) is 23.8. The van der Waals surface area contributed by atoms with Gasteiger partial charge < -0.3 is 9.84 Å². The molecule has 1 saturated carbocycles. The summed E-state index contributed by atoms with van der Waals surface area (Å²) in [5, 5.41) is 6.83. The van der Waals surface area contributed by atoms with Crippen LogP contribution in [0.4, 0.5) is 4.39 Å². The molecule has 3 aromatic heterocycles. The Morgan fingerprint density at radius 1 is 1.09 bits per heavy atom. The summed E-state index contributed by atoms with van der Waals surface area (Å²) < 4.78 is 21.9. The van der Waals surface area contributed by atoms with Gasteiger partial charge in [0.15, 0.2) is 5.69 Å². The van der Waals surface area contributed by atoms with Crippen molar-refractivity contribution in [2.45, 2.75) is 63.6 Å². The monoisotopic (exact) mass is 487 g/mol. The van der Waals surface area contributed by atoms with E-state index in [1.54, 1.807) is 17.6 Å². The molecule has 9 nitrogen and oxygen atoms in total. The third kappa shape index (κ3) is 4.28. The Bertz CT molecular complexity index is 1340. The van der Waals surface area contributed by atoms with Crippen LogP contribution in [0.2, 0.25) is 0 Å². The van der Waals surface area contributed by atoms with Gasteiger partial charge in [-0.05, 0) is 63.0 Å². The Labute approximate surface area is 198 Å². The van der Waals surface area contributed by atoms with E-state index < -0.39 is 11.4 Å². The molecule has 0 aromatic carbocycles. The molecule has 11 heteroatoms. The van der Waals surface area contributed by atoms with E-state index in [0.717, 1.165) is 30.5 Å². The number of halogens is 1. The molecule has 3 aromatic rings. The van der Waals surface area contributed by atoms with Crippen LogP contribution in [0.1, 0.15) is 66.9 Å². The number of hydrogen-bond donors (Lipinski definition) is 1. The van der Waals surface area contributed by atoms with Gasteiger partial charge in [-0.15, -0.1) is 0 Å². The fourth-order valence-electron chi connectivity index (χ4n) is 5.01. The number of carbonyl (C=O) groups excluding carboxylic acids is 1. The maximum Gasteiger partial charge on any atom is 0.333 e. The second-order valence-corrected chi connectivity index (χ2v) is 10.2. The van der Waals surface area contributed by atoms with Crippen LogP contribution in [0.5, 0.6) is 0 Å². The molecule has 0 radical (unpaired) electrons. The lowest BCUT2D eigenvalue weighted by Crippen LogP contribution is -2.46. The summed E-state index contributed by atoms with van der Waals surface area (Å²) in [6.45, 7) is 1.72. The lowest BCUT2D eigenvalue weighted by molar-refractivity contribution is 0.0912. The summed E-state index contributed by atoms with van der Waals surface area (Å²) in [6, 6.07) is 2.28. The molecule has 180 valence electrons. The Hall–Kier alpha value is -2.95. The first-order valence-electron chi connectivity index (χ1n) is 11.6. The van der Waals surface area contributed by atoms with E-state index in [1.807, 2.05) is 11.8 Å². The molecule has 0 bridgehead atoms. The number of nitrogens with one attached hydrogen (secondary N) is 1. The summed E-state index contributed by atoms with van der Waals surface area (Å²) in [4.78, 5) is 43.5. The van der Waals surface area contributed by atoms with Crippen LogP contribution in [-0.4, -0.2) is 42.7 Å². The summed E-state index contributed by atoms with van der Waals surface area (Å²) in [5.74, 6) is 1.50. The number of aryl methyl sites for hydroxylation is 1. The van der Waals surface area contributed by atoms with Gasteiger partial charge in [-0.25, -0.2) is 14.2 Å². The minimum atomic E-state index is -0.602. The van der Waals surface area contributed by atoms with Crippen LogP contribution < -0.4 is 16.6 Å². The predicted molar refractivity (Wildman–Crippen MR) is 126 cm³/mol. The van der Waals surface area contributed by atoms with E-state index in [0.29, 0.717) is 31.4 Å². The maximum absolute atomic E-state index is 14.0. The van der Waals surface area contributed by atoms with Crippen LogP contribution in [0.15, 0.2) is 32.4 Å². The molecule has 1 aliphatic heterocycles. The van der Waals surface area contributed by atoms with Gasteiger partial charge in [0.25, 0.3) is 11.5 Å². The average molecular weight is 488 g/mol. The summed E-state index contributed by atoms with van der Waals surface area (Å²) in [6.07, 6.45) is 4.98. The number of aromatic nitrogens is 4. The van der Waals surface area contributed by atoms with Crippen molar-refractivity contribution in [1.82, 2.24) is 24.6 Å². The highest BCUT2D eigenvalue weighted by molar-refractivity contribution is 7.99. The minimum Gasteiger partial charge on any atom is -0.361 e. The molecule has 1 N–H and O–H groups in total. The third-order valence-electron chi connectivity index (χ3n) is 6.74. The van der Waals surface area contributed by atoms with Crippen molar-refractivity contribution in [3.05, 3.63) is 56.4 Å². The van der Waals surface area contributed by atoms with Gasteiger partial charge in [-0.3, -0.25) is 18.7 Å². The Balaban J connectivity index is 1.43. The van der Waals surface area contributed by atoms with Crippen LogP contribution in [-0.2, 0) is 0 Å². The second kappa shape index (κ2) is 9.36. The standard InChI is InChI=1S/C23H26FN5O4S/c1-13-10-19(27-33-13)21(30)26-15-2-4-16(5-3-15)29-22(31)18-11-14(24)12-25-20(18)28(23(29)32)17-6-8-34-9-7-17/h10-12,15-17H,2-9H2,1H3,(H,26,30)/t15-,16+. The van der Waals surface area contributed by atoms with Gasteiger partial charge in [0.1, 0.15) is 17.2 Å². The molecule has 1 aliphatic carbocycles. The molecule has 0 unspecified atom stereocenters. The largest absolute Gasteiger partial charge is 0.361 e. The predicted octanol–water partition coefficient (Wildman–Crippen LogP) is 2.98. The van der Waals surface area contributed by atoms with Crippen LogP contribution >= 0.6 is 11.8 Å². The van der Waals surface area contributed by atoms with Crippen LogP contribution in [0, 0.1) is 12.7 Å². The topological polar surface area (TPSA) is 112 Å². The van der Waals surface area contributed by atoms with E-state index in [-0.39, 0.29) is 46.4 Å². The van der Waals surface area contributed by atoms with E-state index in [9.17, 15) is 18.8 Å². The number of rotatable bonds is 4. The third-order valence-corrected chi connectivity index (χ3v) is 7.79. The lowest BCUT2D eigenvalue weighted by atomic mass is 9.90. The highest BCUT2D eigenvalue weighted by atomic mass is 32.2. The molecule has 1 saturated heterocycles. The fraction of sp³-hybridized carbons (Fsp3) is 0.522. The van der Waals surface area contributed by atoms with Crippen molar-refractivity contribution in [3.8, 4) is 0 Å². The molecule has 34 heavy (non-hydrogen) atoms. The van der Waals surface area contributed by atoms with Gasteiger partial charge in [-0.1, -0.05) is 5.16 Å². The molecular weight excluding hydrogens is 461 g/mol. The fourth-order valence-corrected chi connectivity index (χ4v) is 6.09. The number of pyridine rings is 1. The van der Waals surface area contributed by atoms with Crippen molar-refractivity contribution >= 4 is 28.7 Å². The number of amides is 1. The van der Waals surface area contributed by atoms with Gasteiger partial charge in [-0.2, -0.15) is 11.8 Å². The number of fused-ring (bicyclic) bond motifs is 1. The minimum absolute atomic E-state index is 0.0670. The Morgan fingerprint density at radius 2 is 1.79 bits per heavy atom. The number of nitrogens with zero attached hydrogens (tertiary/aromatic N) is 4. The second-order valence-electron chi connectivity index (χ2n) is 9.00. The van der Waals surface area contributed by atoms with Gasteiger partial charge in [0.2, 0.25) is 0 Å². The Kier molecular flexibility index (Phi) is 6.28. The van der Waals surface area contributed by atoms with Crippen LogP contribution in [0.25, 0.3) is 11.0 Å². The van der Waals surface area contributed by atoms with Crippen molar-refractivity contribution in [2.24, 2.45) is 0 Å². The first kappa shape index (κ1) is 22.8.